The van der Waals surface area contributed by atoms with Crippen molar-refractivity contribution in [2.45, 2.75) is 13.3 Å². The third kappa shape index (κ3) is 1.83. The molecule has 0 aliphatic rings. The molecule has 0 saturated heterocycles. The zero-order chi connectivity index (χ0) is 10.8. The van der Waals surface area contributed by atoms with Crippen LogP contribution in [0.1, 0.15) is 11.3 Å². The molecule has 2 aromatic rings. The van der Waals surface area contributed by atoms with Gasteiger partial charge in [-0.3, -0.25) is 0 Å². The second-order valence-electron chi connectivity index (χ2n) is 3.58. The smallest absolute Gasteiger partial charge is 0.149 e. The predicted molar refractivity (Wildman–Crippen MR) is 59.2 cm³/mol. The minimum absolute atomic E-state index is 0.269. The molecule has 2 rings (SSSR count). The number of hydrogen-bond acceptors (Lipinski definition) is 2. The molecule has 0 aliphatic carbocycles. The van der Waals surface area contributed by atoms with Gasteiger partial charge in [-0.1, -0.05) is 12.1 Å². The molecule has 3 heteroatoms. The van der Waals surface area contributed by atoms with Gasteiger partial charge in [0.15, 0.2) is 0 Å². The fraction of sp³-hybridized carbons (Fsp3) is 0.250. The number of nitrogens with two attached hydrogens (primary N) is 1. The highest BCUT2D eigenvalue weighted by Crippen LogP contribution is 2.19. The summed E-state index contributed by atoms with van der Waals surface area (Å²) in [5.41, 5.74) is 7.89. The lowest BCUT2D eigenvalue weighted by Crippen LogP contribution is -2.05. The molecule has 2 N–H and O–H groups in total. The Bertz CT molecular complexity index is 494. The van der Waals surface area contributed by atoms with Gasteiger partial charge in [0.2, 0.25) is 0 Å². The molecular formula is C12H13FN2. The van der Waals surface area contributed by atoms with Crippen molar-refractivity contribution in [1.29, 1.82) is 0 Å². The summed E-state index contributed by atoms with van der Waals surface area (Å²) in [6, 6.07) is 6.96. The topological polar surface area (TPSA) is 38.9 Å². The van der Waals surface area contributed by atoms with E-state index in [4.69, 9.17) is 5.73 Å². The van der Waals surface area contributed by atoms with Crippen LogP contribution in [0.3, 0.4) is 0 Å². The third-order valence-corrected chi connectivity index (χ3v) is 2.51. The number of rotatable bonds is 2. The standard InChI is InChI=1S/C12H13FN2/c1-8-9(5-6-14)7-10-3-2-4-11(13)12(10)15-8/h2-4,7H,5-6,14H2,1H3. The van der Waals surface area contributed by atoms with E-state index >= 15 is 0 Å². The summed E-state index contributed by atoms with van der Waals surface area (Å²) in [6.45, 7) is 2.47. The summed E-state index contributed by atoms with van der Waals surface area (Å²) in [7, 11) is 0. The molecule has 2 nitrogen and oxygen atoms in total. The van der Waals surface area contributed by atoms with Gasteiger partial charge in [0.1, 0.15) is 11.3 Å². The molecule has 0 atom stereocenters. The first-order valence-corrected chi connectivity index (χ1v) is 4.97. The summed E-state index contributed by atoms with van der Waals surface area (Å²) in [5.74, 6) is -0.269. The summed E-state index contributed by atoms with van der Waals surface area (Å²) in [4.78, 5) is 4.26. The molecular weight excluding hydrogens is 191 g/mol. The zero-order valence-corrected chi connectivity index (χ0v) is 8.63. The fourth-order valence-electron chi connectivity index (χ4n) is 1.71. The highest BCUT2D eigenvalue weighted by molar-refractivity contribution is 5.80. The van der Waals surface area contributed by atoms with Crippen molar-refractivity contribution < 1.29 is 4.39 Å². The number of nitrogens with zero attached hydrogens (tertiary/aromatic N) is 1. The number of para-hydroxylation sites is 1. The van der Waals surface area contributed by atoms with Gasteiger partial charge in [-0.25, -0.2) is 9.37 Å². The van der Waals surface area contributed by atoms with Crippen LogP contribution in [0.2, 0.25) is 0 Å². The van der Waals surface area contributed by atoms with E-state index < -0.39 is 0 Å². The Morgan fingerprint density at radius 3 is 2.93 bits per heavy atom. The second-order valence-corrected chi connectivity index (χ2v) is 3.58. The molecule has 0 bridgehead atoms. The van der Waals surface area contributed by atoms with E-state index in [1.807, 2.05) is 19.1 Å². The second kappa shape index (κ2) is 3.95. The highest BCUT2D eigenvalue weighted by atomic mass is 19.1. The lowest BCUT2D eigenvalue weighted by atomic mass is 10.1. The molecule has 78 valence electrons. The molecule has 0 amide bonds. The van der Waals surface area contributed by atoms with Crippen molar-refractivity contribution in [2.75, 3.05) is 6.54 Å². The number of halogens is 1. The van der Waals surface area contributed by atoms with Crippen molar-refractivity contribution in [1.82, 2.24) is 4.98 Å². The van der Waals surface area contributed by atoms with E-state index in [2.05, 4.69) is 4.98 Å². The lowest BCUT2D eigenvalue weighted by molar-refractivity contribution is 0.636. The van der Waals surface area contributed by atoms with Gasteiger partial charge >= 0.3 is 0 Å². The Morgan fingerprint density at radius 1 is 1.40 bits per heavy atom. The average Bonchev–Trinajstić information content (AvgIpc) is 2.21. The van der Waals surface area contributed by atoms with Gasteiger partial charge in [-0.2, -0.15) is 0 Å². The van der Waals surface area contributed by atoms with Crippen LogP contribution in [0.5, 0.6) is 0 Å². The molecule has 0 aliphatic heterocycles. The van der Waals surface area contributed by atoms with Crippen LogP contribution in [-0.2, 0) is 6.42 Å². The number of aromatic nitrogens is 1. The molecule has 1 aromatic heterocycles. The van der Waals surface area contributed by atoms with Gasteiger partial charge < -0.3 is 5.73 Å². The number of aryl methyl sites for hydroxylation is 1. The predicted octanol–water partition coefficient (Wildman–Crippen LogP) is 2.18. The van der Waals surface area contributed by atoms with Gasteiger partial charge in [0.25, 0.3) is 0 Å². The molecule has 0 radical (unpaired) electrons. The number of hydrogen-bond donors (Lipinski definition) is 1. The first kappa shape index (κ1) is 10.1. The summed E-state index contributed by atoms with van der Waals surface area (Å²) in [6.07, 6.45) is 0.783. The van der Waals surface area contributed by atoms with Crippen LogP contribution in [0, 0.1) is 12.7 Å². The van der Waals surface area contributed by atoms with E-state index in [-0.39, 0.29) is 5.82 Å². The van der Waals surface area contributed by atoms with Crippen molar-refractivity contribution in [3.63, 3.8) is 0 Å². The molecule has 0 saturated carbocycles. The number of benzene rings is 1. The maximum atomic E-state index is 13.4. The Kier molecular flexibility index (Phi) is 2.64. The number of pyridine rings is 1. The first-order chi connectivity index (χ1) is 7.22. The van der Waals surface area contributed by atoms with Crippen LogP contribution in [0.4, 0.5) is 4.39 Å². The van der Waals surface area contributed by atoms with Gasteiger partial charge in [-0.15, -0.1) is 0 Å². The van der Waals surface area contributed by atoms with E-state index in [0.29, 0.717) is 12.1 Å². The highest BCUT2D eigenvalue weighted by Gasteiger charge is 2.05. The van der Waals surface area contributed by atoms with Crippen LogP contribution >= 0.6 is 0 Å². The van der Waals surface area contributed by atoms with Crippen LogP contribution < -0.4 is 5.73 Å². The Balaban J connectivity index is 2.65. The molecule has 1 heterocycles. The first-order valence-electron chi connectivity index (χ1n) is 4.97. The quantitative estimate of drug-likeness (QED) is 0.814. The largest absolute Gasteiger partial charge is 0.330 e. The fourth-order valence-corrected chi connectivity index (χ4v) is 1.71. The normalized spacial score (nSPS) is 10.9. The van der Waals surface area contributed by atoms with Gasteiger partial charge in [-0.05, 0) is 37.6 Å². The number of fused-ring (bicyclic) bond motifs is 1. The lowest BCUT2D eigenvalue weighted by Gasteiger charge is -2.06. The van der Waals surface area contributed by atoms with E-state index in [1.165, 1.54) is 6.07 Å². The average molecular weight is 204 g/mol. The van der Waals surface area contributed by atoms with Crippen molar-refractivity contribution in [3.8, 4) is 0 Å². The van der Waals surface area contributed by atoms with Crippen LogP contribution in [0.25, 0.3) is 10.9 Å². The van der Waals surface area contributed by atoms with Crippen molar-refractivity contribution in [3.05, 3.63) is 41.3 Å². The SMILES string of the molecule is Cc1nc2c(F)cccc2cc1CCN. The van der Waals surface area contributed by atoms with Crippen LogP contribution in [-0.4, -0.2) is 11.5 Å². The summed E-state index contributed by atoms with van der Waals surface area (Å²) < 4.78 is 13.4. The zero-order valence-electron chi connectivity index (χ0n) is 8.63. The molecule has 0 spiro atoms. The van der Waals surface area contributed by atoms with Crippen molar-refractivity contribution >= 4 is 10.9 Å². The van der Waals surface area contributed by atoms with Gasteiger partial charge in [0, 0.05) is 11.1 Å². The summed E-state index contributed by atoms with van der Waals surface area (Å²) in [5, 5.41) is 0.837. The van der Waals surface area contributed by atoms with E-state index in [1.54, 1.807) is 6.07 Å². The van der Waals surface area contributed by atoms with E-state index in [0.717, 1.165) is 23.1 Å². The molecule has 15 heavy (non-hydrogen) atoms. The summed E-state index contributed by atoms with van der Waals surface area (Å²) >= 11 is 0. The Morgan fingerprint density at radius 2 is 2.20 bits per heavy atom. The van der Waals surface area contributed by atoms with E-state index in [9.17, 15) is 4.39 Å². The van der Waals surface area contributed by atoms with Crippen LogP contribution in [0.15, 0.2) is 24.3 Å². The Labute approximate surface area is 87.9 Å². The molecule has 0 fully saturated rings. The molecule has 0 unspecified atom stereocenters. The third-order valence-electron chi connectivity index (χ3n) is 2.51. The van der Waals surface area contributed by atoms with Crippen molar-refractivity contribution in [2.24, 2.45) is 5.73 Å². The monoisotopic (exact) mass is 204 g/mol. The minimum atomic E-state index is -0.269. The maximum Gasteiger partial charge on any atom is 0.149 e. The Hall–Kier alpha value is -1.48. The maximum absolute atomic E-state index is 13.4. The van der Waals surface area contributed by atoms with Gasteiger partial charge in [0.05, 0.1) is 0 Å². The minimum Gasteiger partial charge on any atom is -0.330 e. The molecule has 1 aromatic carbocycles.